The lowest BCUT2D eigenvalue weighted by molar-refractivity contribution is 0.306. The van der Waals surface area contributed by atoms with Crippen molar-refractivity contribution < 1.29 is 9.47 Å². The van der Waals surface area contributed by atoms with E-state index in [0.717, 1.165) is 28.4 Å². The third-order valence-electron chi connectivity index (χ3n) is 4.26. The van der Waals surface area contributed by atoms with Gasteiger partial charge in [-0.25, -0.2) is 0 Å². The summed E-state index contributed by atoms with van der Waals surface area (Å²) in [7, 11) is 1.63. The summed E-state index contributed by atoms with van der Waals surface area (Å²) >= 11 is 0. The smallest absolute Gasteiger partial charge is 0.249 e. The first-order valence-corrected chi connectivity index (χ1v) is 9.43. The number of ether oxygens (including phenoxy) is 2. The molecule has 0 unspecified atom stereocenters. The van der Waals surface area contributed by atoms with Crippen molar-refractivity contribution in [3.05, 3.63) is 90.6 Å². The molecule has 1 aromatic heterocycles. The maximum absolute atomic E-state index is 5.81. The van der Waals surface area contributed by atoms with E-state index < -0.39 is 0 Å². The van der Waals surface area contributed by atoms with Gasteiger partial charge in [-0.15, -0.1) is 5.10 Å². The molecule has 150 valence electrons. The molecule has 4 rings (SSSR count). The Kier molecular flexibility index (Phi) is 6.00. The molecule has 0 fully saturated rings. The Morgan fingerprint density at radius 2 is 1.63 bits per heavy atom. The van der Waals surface area contributed by atoms with Crippen LogP contribution in [-0.4, -0.2) is 22.3 Å². The number of hydrogen-bond donors (Lipinski definition) is 2. The van der Waals surface area contributed by atoms with Gasteiger partial charge in [-0.2, -0.15) is 10.1 Å². The molecule has 0 bridgehead atoms. The van der Waals surface area contributed by atoms with Gasteiger partial charge in [0.2, 0.25) is 5.95 Å². The van der Waals surface area contributed by atoms with E-state index in [1.54, 1.807) is 13.3 Å². The number of methoxy groups -OCH3 is 1. The second-order valence-electron chi connectivity index (χ2n) is 6.45. The van der Waals surface area contributed by atoms with E-state index in [1.165, 1.54) is 0 Å². The Balaban J connectivity index is 1.37. The van der Waals surface area contributed by atoms with Crippen LogP contribution in [0, 0.1) is 0 Å². The van der Waals surface area contributed by atoms with Gasteiger partial charge in [-0.1, -0.05) is 36.4 Å². The monoisotopic (exact) mass is 399 g/mol. The highest BCUT2D eigenvalue weighted by molar-refractivity contribution is 5.60. The van der Waals surface area contributed by atoms with Crippen LogP contribution in [0.2, 0.25) is 0 Å². The van der Waals surface area contributed by atoms with E-state index in [9.17, 15) is 0 Å². The molecule has 7 heteroatoms. The van der Waals surface area contributed by atoms with Gasteiger partial charge in [-0.3, -0.25) is 0 Å². The second-order valence-corrected chi connectivity index (χ2v) is 6.45. The van der Waals surface area contributed by atoms with Crippen LogP contribution < -0.4 is 20.1 Å². The molecule has 0 spiro atoms. The number of hydrogen-bond acceptors (Lipinski definition) is 7. The Morgan fingerprint density at radius 3 is 2.43 bits per heavy atom. The normalized spacial score (nSPS) is 10.3. The molecule has 0 aliphatic rings. The summed E-state index contributed by atoms with van der Waals surface area (Å²) in [6, 6.07) is 25.2. The van der Waals surface area contributed by atoms with Crippen molar-refractivity contribution in [1.29, 1.82) is 0 Å². The minimum atomic E-state index is 0.390. The first-order valence-electron chi connectivity index (χ1n) is 9.43. The van der Waals surface area contributed by atoms with Crippen LogP contribution in [0.1, 0.15) is 5.56 Å². The number of rotatable bonds is 8. The average molecular weight is 399 g/mol. The van der Waals surface area contributed by atoms with Gasteiger partial charge in [-0.05, 0) is 42.0 Å². The SMILES string of the molecule is COc1cccc(Nc2cnnc(Nc3ccc(OCc4ccccc4)cc3)n2)c1. The molecule has 4 aromatic rings. The van der Waals surface area contributed by atoms with E-state index in [4.69, 9.17) is 9.47 Å². The van der Waals surface area contributed by atoms with Gasteiger partial charge < -0.3 is 20.1 Å². The minimum absolute atomic E-state index is 0.390. The maximum atomic E-state index is 5.81. The average Bonchev–Trinajstić information content (AvgIpc) is 2.80. The molecule has 1 heterocycles. The van der Waals surface area contributed by atoms with Crippen molar-refractivity contribution in [3.8, 4) is 11.5 Å². The van der Waals surface area contributed by atoms with Crippen LogP contribution in [0.25, 0.3) is 0 Å². The fourth-order valence-corrected chi connectivity index (χ4v) is 2.77. The van der Waals surface area contributed by atoms with Gasteiger partial charge in [0, 0.05) is 17.4 Å². The highest BCUT2D eigenvalue weighted by atomic mass is 16.5. The lowest BCUT2D eigenvalue weighted by atomic mass is 10.2. The number of nitrogens with zero attached hydrogens (tertiary/aromatic N) is 3. The largest absolute Gasteiger partial charge is 0.497 e. The predicted molar refractivity (Wildman–Crippen MR) is 117 cm³/mol. The summed E-state index contributed by atoms with van der Waals surface area (Å²) in [5.74, 6) is 2.51. The maximum Gasteiger partial charge on any atom is 0.249 e. The number of nitrogens with one attached hydrogen (secondary N) is 2. The third kappa shape index (κ3) is 5.23. The fraction of sp³-hybridized carbons (Fsp3) is 0.0870. The summed E-state index contributed by atoms with van der Waals surface area (Å²) in [6.45, 7) is 0.526. The van der Waals surface area contributed by atoms with Gasteiger partial charge in [0.1, 0.15) is 18.1 Å². The molecule has 7 nitrogen and oxygen atoms in total. The van der Waals surface area contributed by atoms with Crippen molar-refractivity contribution >= 4 is 23.1 Å². The van der Waals surface area contributed by atoms with Gasteiger partial charge in [0.05, 0.1) is 13.3 Å². The zero-order valence-corrected chi connectivity index (χ0v) is 16.4. The van der Waals surface area contributed by atoms with Crippen LogP contribution in [-0.2, 0) is 6.61 Å². The standard InChI is InChI=1S/C23H21N5O2/c1-29-21-9-5-8-19(14-21)25-22-15-24-28-23(27-22)26-18-10-12-20(13-11-18)30-16-17-6-3-2-4-7-17/h2-15H,16H2,1H3,(H2,25,26,27,28). The molecule has 0 saturated carbocycles. The lowest BCUT2D eigenvalue weighted by Crippen LogP contribution is -2.02. The van der Waals surface area contributed by atoms with E-state index in [0.29, 0.717) is 18.4 Å². The third-order valence-corrected chi connectivity index (χ3v) is 4.26. The Bertz CT molecular complexity index is 1090. The molecule has 0 atom stereocenters. The first kappa shape index (κ1) is 19.2. The summed E-state index contributed by atoms with van der Waals surface area (Å²) in [4.78, 5) is 4.45. The zero-order valence-electron chi connectivity index (χ0n) is 16.4. The van der Waals surface area contributed by atoms with Crippen molar-refractivity contribution in [1.82, 2.24) is 15.2 Å². The molecular weight excluding hydrogens is 378 g/mol. The molecule has 0 amide bonds. The quantitative estimate of drug-likeness (QED) is 0.434. The molecule has 2 N–H and O–H groups in total. The number of aromatic nitrogens is 3. The van der Waals surface area contributed by atoms with Crippen molar-refractivity contribution in [3.63, 3.8) is 0 Å². The van der Waals surface area contributed by atoms with E-state index in [2.05, 4.69) is 25.8 Å². The number of anilines is 4. The van der Waals surface area contributed by atoms with Crippen LogP contribution in [0.5, 0.6) is 11.5 Å². The summed E-state index contributed by atoms with van der Waals surface area (Å²) in [5, 5.41) is 14.4. The summed E-state index contributed by atoms with van der Waals surface area (Å²) in [5.41, 5.74) is 2.81. The molecular formula is C23H21N5O2. The highest BCUT2D eigenvalue weighted by Gasteiger charge is 2.04. The van der Waals surface area contributed by atoms with Gasteiger partial charge >= 0.3 is 0 Å². The lowest BCUT2D eigenvalue weighted by Gasteiger charge is -2.10. The van der Waals surface area contributed by atoms with Crippen molar-refractivity contribution in [2.24, 2.45) is 0 Å². The van der Waals surface area contributed by atoms with Crippen LogP contribution in [0.3, 0.4) is 0 Å². The van der Waals surface area contributed by atoms with E-state index in [1.807, 2.05) is 78.9 Å². The van der Waals surface area contributed by atoms with Gasteiger partial charge in [0.25, 0.3) is 0 Å². The molecule has 0 radical (unpaired) electrons. The van der Waals surface area contributed by atoms with Gasteiger partial charge in [0.15, 0.2) is 5.82 Å². The molecule has 0 aliphatic carbocycles. The summed E-state index contributed by atoms with van der Waals surface area (Å²) in [6.07, 6.45) is 1.56. The van der Waals surface area contributed by atoms with Crippen LogP contribution in [0.4, 0.5) is 23.1 Å². The molecule has 0 aliphatic heterocycles. The molecule has 30 heavy (non-hydrogen) atoms. The highest BCUT2D eigenvalue weighted by Crippen LogP contribution is 2.22. The van der Waals surface area contributed by atoms with E-state index >= 15 is 0 Å². The zero-order chi connectivity index (χ0) is 20.6. The van der Waals surface area contributed by atoms with Crippen LogP contribution >= 0.6 is 0 Å². The molecule has 0 saturated heterocycles. The van der Waals surface area contributed by atoms with Crippen molar-refractivity contribution in [2.75, 3.05) is 17.7 Å². The minimum Gasteiger partial charge on any atom is -0.497 e. The Hall–Kier alpha value is -4.13. The Morgan fingerprint density at radius 1 is 0.800 bits per heavy atom. The predicted octanol–water partition coefficient (Wildman–Crippen LogP) is 4.95. The van der Waals surface area contributed by atoms with Crippen molar-refractivity contribution in [2.45, 2.75) is 6.61 Å². The Labute approximate surface area is 174 Å². The van der Waals surface area contributed by atoms with Crippen LogP contribution in [0.15, 0.2) is 85.1 Å². The fourth-order valence-electron chi connectivity index (χ4n) is 2.77. The first-order chi connectivity index (χ1) is 14.8. The topological polar surface area (TPSA) is 81.2 Å². The second kappa shape index (κ2) is 9.38. The van der Waals surface area contributed by atoms with E-state index in [-0.39, 0.29) is 0 Å². The number of benzene rings is 3. The summed E-state index contributed by atoms with van der Waals surface area (Å²) < 4.78 is 11.0. The molecule has 3 aromatic carbocycles.